The molecular weight excluding hydrogens is 376 g/mol. The predicted octanol–water partition coefficient (Wildman–Crippen LogP) is 4.61. The molecule has 0 saturated heterocycles. The zero-order valence-electron chi connectivity index (χ0n) is 14.8. The number of hydrogen-bond donors (Lipinski definition) is 0. The molecule has 0 aliphatic heterocycles. The molecule has 0 radical (unpaired) electrons. The fourth-order valence-electron chi connectivity index (χ4n) is 2.44. The number of esters is 1. The van der Waals surface area contributed by atoms with Crippen LogP contribution in [0.4, 0.5) is 0 Å². The van der Waals surface area contributed by atoms with E-state index in [1.807, 2.05) is 36.4 Å². The number of fused-ring (bicyclic) bond motifs is 1. The summed E-state index contributed by atoms with van der Waals surface area (Å²) in [5, 5.41) is 0.755. The van der Waals surface area contributed by atoms with Gasteiger partial charge in [-0.25, -0.2) is 14.8 Å². The van der Waals surface area contributed by atoms with Crippen LogP contribution in [0.15, 0.2) is 72.9 Å². The molecule has 2 aromatic heterocycles. The van der Waals surface area contributed by atoms with Gasteiger partial charge in [-0.1, -0.05) is 18.2 Å². The van der Waals surface area contributed by atoms with E-state index in [0.717, 1.165) is 15.2 Å². The van der Waals surface area contributed by atoms with Gasteiger partial charge in [-0.15, -0.1) is 11.3 Å². The third kappa shape index (κ3) is 4.63. The zero-order chi connectivity index (χ0) is 19.2. The number of nitrogens with zero attached hydrogens (tertiary/aromatic N) is 2. The van der Waals surface area contributed by atoms with E-state index >= 15 is 0 Å². The van der Waals surface area contributed by atoms with Gasteiger partial charge >= 0.3 is 5.97 Å². The number of carbonyl (C=O) groups is 1. The first-order valence-corrected chi connectivity index (χ1v) is 9.40. The molecule has 0 spiro atoms. The predicted molar refractivity (Wildman–Crippen MR) is 106 cm³/mol. The second-order valence-corrected chi connectivity index (χ2v) is 6.88. The average molecular weight is 392 g/mol. The molecule has 0 bridgehead atoms. The first-order chi connectivity index (χ1) is 13.8. The summed E-state index contributed by atoms with van der Waals surface area (Å²) in [6, 6.07) is 20.2. The number of benzene rings is 2. The maximum atomic E-state index is 11.9. The van der Waals surface area contributed by atoms with Crippen molar-refractivity contribution in [3.8, 4) is 17.4 Å². The number of para-hydroxylation sites is 1. The molecule has 4 rings (SSSR count). The molecule has 7 heteroatoms. The van der Waals surface area contributed by atoms with Crippen LogP contribution < -0.4 is 9.47 Å². The van der Waals surface area contributed by atoms with Crippen LogP contribution in [0.3, 0.4) is 0 Å². The second kappa shape index (κ2) is 8.49. The first kappa shape index (κ1) is 17.9. The van der Waals surface area contributed by atoms with Crippen molar-refractivity contribution in [3.05, 3.63) is 77.9 Å². The Bertz CT molecular complexity index is 1030. The lowest BCUT2D eigenvalue weighted by atomic mass is 10.3. The van der Waals surface area contributed by atoms with Crippen molar-refractivity contribution >= 4 is 27.5 Å². The van der Waals surface area contributed by atoms with Gasteiger partial charge in [0.1, 0.15) is 23.1 Å². The summed E-state index contributed by atoms with van der Waals surface area (Å²) in [4.78, 5) is 20.4. The number of thiazole rings is 1. The Hall–Kier alpha value is -3.45. The topological polar surface area (TPSA) is 70.5 Å². The van der Waals surface area contributed by atoms with Gasteiger partial charge in [0.15, 0.2) is 6.61 Å². The number of rotatable bonds is 7. The van der Waals surface area contributed by atoms with E-state index < -0.39 is 5.97 Å². The largest absolute Gasteiger partial charge is 0.482 e. The molecule has 0 atom stereocenters. The van der Waals surface area contributed by atoms with Crippen LogP contribution in [-0.2, 0) is 16.1 Å². The molecule has 2 aromatic carbocycles. The third-order valence-corrected chi connectivity index (χ3v) is 4.75. The zero-order valence-corrected chi connectivity index (χ0v) is 15.6. The summed E-state index contributed by atoms with van der Waals surface area (Å²) in [5.74, 6) is 1.23. The minimum Gasteiger partial charge on any atom is -0.482 e. The standard InChI is InChI=1S/C21H16N2O4S/c24-21(26-13-20-23-17-5-1-2-6-18(17)28-20)14-25-15-8-10-16(11-9-15)27-19-7-3-4-12-22-19/h1-12H,13-14H2. The number of pyridine rings is 1. The molecule has 0 aliphatic carbocycles. The highest BCUT2D eigenvalue weighted by Crippen LogP contribution is 2.23. The van der Waals surface area contributed by atoms with Crippen LogP contribution in [-0.4, -0.2) is 22.5 Å². The van der Waals surface area contributed by atoms with Crippen LogP contribution in [0.2, 0.25) is 0 Å². The minimum absolute atomic E-state index is 0.137. The van der Waals surface area contributed by atoms with Crippen LogP contribution in [0.5, 0.6) is 17.4 Å². The fraction of sp³-hybridized carbons (Fsp3) is 0.0952. The number of aromatic nitrogens is 2. The van der Waals surface area contributed by atoms with E-state index in [-0.39, 0.29) is 13.2 Å². The van der Waals surface area contributed by atoms with Crippen molar-refractivity contribution in [3.63, 3.8) is 0 Å². The molecule has 0 saturated carbocycles. The van der Waals surface area contributed by atoms with E-state index in [4.69, 9.17) is 14.2 Å². The smallest absolute Gasteiger partial charge is 0.344 e. The highest BCUT2D eigenvalue weighted by molar-refractivity contribution is 7.18. The Kier molecular flexibility index (Phi) is 5.44. The van der Waals surface area contributed by atoms with Crippen LogP contribution >= 0.6 is 11.3 Å². The van der Waals surface area contributed by atoms with Crippen LogP contribution in [0.25, 0.3) is 10.2 Å². The molecule has 0 unspecified atom stereocenters. The maximum Gasteiger partial charge on any atom is 0.344 e. The molecule has 28 heavy (non-hydrogen) atoms. The normalized spacial score (nSPS) is 10.6. The summed E-state index contributed by atoms with van der Waals surface area (Å²) in [6.07, 6.45) is 1.66. The molecule has 0 N–H and O–H groups in total. The molecule has 2 heterocycles. The maximum absolute atomic E-state index is 11.9. The first-order valence-electron chi connectivity index (χ1n) is 8.58. The van der Waals surface area contributed by atoms with Gasteiger partial charge in [-0.05, 0) is 42.5 Å². The van der Waals surface area contributed by atoms with Gasteiger partial charge in [-0.3, -0.25) is 0 Å². The van der Waals surface area contributed by atoms with Gasteiger partial charge in [0.2, 0.25) is 5.88 Å². The SMILES string of the molecule is O=C(COc1ccc(Oc2ccccn2)cc1)OCc1nc2ccccc2s1. The molecule has 140 valence electrons. The Morgan fingerprint density at radius 3 is 2.50 bits per heavy atom. The number of hydrogen-bond acceptors (Lipinski definition) is 7. The average Bonchev–Trinajstić information content (AvgIpc) is 3.15. The van der Waals surface area contributed by atoms with E-state index in [9.17, 15) is 4.79 Å². The van der Waals surface area contributed by atoms with Crippen molar-refractivity contribution in [2.24, 2.45) is 0 Å². The Balaban J connectivity index is 1.25. The fourth-order valence-corrected chi connectivity index (χ4v) is 3.32. The van der Waals surface area contributed by atoms with Gasteiger partial charge in [0.05, 0.1) is 10.2 Å². The summed E-state index contributed by atoms with van der Waals surface area (Å²) in [6.45, 7) is -0.0380. The van der Waals surface area contributed by atoms with Crippen LogP contribution in [0.1, 0.15) is 5.01 Å². The van der Waals surface area contributed by atoms with Crippen molar-refractivity contribution < 1.29 is 19.0 Å². The van der Waals surface area contributed by atoms with E-state index in [1.54, 1.807) is 36.5 Å². The summed E-state index contributed by atoms with van der Waals surface area (Å²) < 4.78 is 17.4. The van der Waals surface area contributed by atoms with Crippen molar-refractivity contribution in [2.75, 3.05) is 6.61 Å². The molecule has 0 amide bonds. The monoisotopic (exact) mass is 392 g/mol. The van der Waals surface area contributed by atoms with Gasteiger partial charge < -0.3 is 14.2 Å². The van der Waals surface area contributed by atoms with E-state index in [1.165, 1.54) is 11.3 Å². The van der Waals surface area contributed by atoms with E-state index in [0.29, 0.717) is 17.4 Å². The third-order valence-electron chi connectivity index (χ3n) is 3.74. The van der Waals surface area contributed by atoms with Gasteiger partial charge in [-0.2, -0.15) is 0 Å². The Morgan fingerprint density at radius 1 is 0.929 bits per heavy atom. The Morgan fingerprint density at radius 2 is 1.71 bits per heavy atom. The molecule has 0 fully saturated rings. The van der Waals surface area contributed by atoms with Gasteiger partial charge in [0, 0.05) is 12.3 Å². The molecule has 4 aromatic rings. The van der Waals surface area contributed by atoms with Crippen molar-refractivity contribution in [1.82, 2.24) is 9.97 Å². The molecular formula is C21H16N2O4S. The lowest BCUT2D eigenvalue weighted by Crippen LogP contribution is -2.14. The summed E-state index contributed by atoms with van der Waals surface area (Å²) in [7, 11) is 0. The van der Waals surface area contributed by atoms with Crippen LogP contribution in [0, 0.1) is 0 Å². The Labute approximate surface area is 165 Å². The highest BCUT2D eigenvalue weighted by Gasteiger charge is 2.08. The number of ether oxygens (including phenoxy) is 3. The second-order valence-electron chi connectivity index (χ2n) is 5.77. The van der Waals surface area contributed by atoms with Crippen molar-refractivity contribution in [1.29, 1.82) is 0 Å². The lowest BCUT2D eigenvalue weighted by Gasteiger charge is -2.08. The number of carbonyl (C=O) groups excluding carboxylic acids is 1. The summed E-state index contributed by atoms with van der Waals surface area (Å²) in [5.41, 5.74) is 0.905. The summed E-state index contributed by atoms with van der Waals surface area (Å²) >= 11 is 1.51. The highest BCUT2D eigenvalue weighted by atomic mass is 32.1. The van der Waals surface area contributed by atoms with E-state index in [2.05, 4.69) is 9.97 Å². The quantitative estimate of drug-likeness (QED) is 0.428. The minimum atomic E-state index is -0.451. The van der Waals surface area contributed by atoms with Crippen molar-refractivity contribution in [2.45, 2.75) is 6.61 Å². The lowest BCUT2D eigenvalue weighted by molar-refractivity contribution is -0.147. The van der Waals surface area contributed by atoms with Gasteiger partial charge in [0.25, 0.3) is 0 Å². The molecule has 0 aliphatic rings. The molecule has 6 nitrogen and oxygen atoms in total.